The lowest BCUT2D eigenvalue weighted by Gasteiger charge is -2.28. The molecule has 2 aliphatic rings. The Kier molecular flexibility index (Phi) is 4.84. The van der Waals surface area contributed by atoms with Gasteiger partial charge in [0.15, 0.2) is 6.10 Å². The molecule has 0 N–H and O–H groups in total. The summed E-state index contributed by atoms with van der Waals surface area (Å²) in [5, 5.41) is 21.7. The largest absolute Gasteiger partial charge is 0.273 e. The molecule has 33 heavy (non-hydrogen) atoms. The number of non-ortho nitro benzene ring substituents is 1. The number of hydroxylamine groups is 1. The summed E-state index contributed by atoms with van der Waals surface area (Å²) in [6, 6.07) is 22.7. The van der Waals surface area contributed by atoms with Gasteiger partial charge in [0.2, 0.25) is 5.91 Å². The van der Waals surface area contributed by atoms with E-state index in [0.29, 0.717) is 11.3 Å². The van der Waals surface area contributed by atoms with Crippen molar-refractivity contribution in [3.63, 3.8) is 0 Å². The molecule has 3 aromatic carbocycles. The van der Waals surface area contributed by atoms with E-state index in [2.05, 4.69) is 6.07 Å². The molecule has 0 radical (unpaired) electrons. The van der Waals surface area contributed by atoms with Crippen LogP contribution in [0.2, 0.25) is 0 Å². The van der Waals surface area contributed by atoms with Crippen molar-refractivity contribution in [1.29, 1.82) is 5.26 Å². The summed E-state index contributed by atoms with van der Waals surface area (Å²) in [5.41, 5.74) is 1.99. The molecule has 0 aromatic heterocycles. The van der Waals surface area contributed by atoms with E-state index in [-0.39, 0.29) is 11.4 Å². The zero-order valence-electron chi connectivity index (χ0n) is 17.1. The fourth-order valence-electron chi connectivity index (χ4n) is 4.28. The number of imide groups is 1. The third kappa shape index (κ3) is 3.30. The van der Waals surface area contributed by atoms with E-state index in [1.54, 1.807) is 29.3 Å². The molecule has 2 saturated heterocycles. The van der Waals surface area contributed by atoms with E-state index in [9.17, 15) is 19.7 Å². The molecule has 162 valence electrons. The molecule has 0 bridgehead atoms. The minimum atomic E-state index is -1.05. The van der Waals surface area contributed by atoms with Crippen molar-refractivity contribution in [2.75, 3.05) is 9.96 Å². The van der Waals surface area contributed by atoms with Crippen LogP contribution in [0, 0.1) is 27.4 Å². The Bertz CT molecular complexity index is 1290. The first kappa shape index (κ1) is 20.4. The van der Waals surface area contributed by atoms with E-state index < -0.39 is 34.8 Å². The maximum Gasteiger partial charge on any atom is 0.269 e. The van der Waals surface area contributed by atoms with Gasteiger partial charge in [-0.15, -0.1) is 0 Å². The molecular formula is C24H16N4O5. The standard InChI is InChI=1S/C24H16N4O5/c25-14-15-6-8-16(9-7-15)21-20-22(33-27(21)18-4-2-1-3-5-18)24(30)26(23(20)29)17-10-12-19(13-11-17)28(31)32/h1-13,20-22H/t20-,21+,22-/m1/s1. The lowest BCUT2D eigenvalue weighted by atomic mass is 9.90. The maximum atomic E-state index is 13.5. The van der Waals surface area contributed by atoms with Crippen molar-refractivity contribution in [3.8, 4) is 6.07 Å². The molecule has 0 saturated carbocycles. The van der Waals surface area contributed by atoms with Crippen molar-refractivity contribution in [1.82, 2.24) is 0 Å². The van der Waals surface area contributed by atoms with Crippen LogP contribution in [0.15, 0.2) is 78.9 Å². The van der Waals surface area contributed by atoms with Gasteiger partial charge in [-0.1, -0.05) is 30.3 Å². The van der Waals surface area contributed by atoms with E-state index in [4.69, 9.17) is 10.1 Å². The Hall–Kier alpha value is -4.55. The first-order valence-electron chi connectivity index (χ1n) is 10.1. The number of amides is 2. The molecule has 9 heteroatoms. The van der Waals surface area contributed by atoms with Crippen LogP contribution in [0.1, 0.15) is 17.2 Å². The van der Waals surface area contributed by atoms with Gasteiger partial charge in [0.25, 0.3) is 11.6 Å². The Morgan fingerprint density at radius 1 is 0.879 bits per heavy atom. The molecule has 2 fully saturated rings. The van der Waals surface area contributed by atoms with Crippen LogP contribution < -0.4 is 9.96 Å². The van der Waals surface area contributed by atoms with Crippen molar-refractivity contribution < 1.29 is 19.3 Å². The van der Waals surface area contributed by atoms with Crippen molar-refractivity contribution in [2.45, 2.75) is 12.1 Å². The number of carbonyl (C=O) groups excluding carboxylic acids is 2. The number of nitro groups is 1. The number of benzene rings is 3. The SMILES string of the molecule is N#Cc1ccc([C@H]2[C@H]3C(=O)N(c4ccc([N+](=O)[O-])cc4)C(=O)[C@@H]3ON2c2ccccc2)cc1. The third-order valence-corrected chi connectivity index (χ3v) is 5.83. The summed E-state index contributed by atoms with van der Waals surface area (Å²) in [7, 11) is 0. The van der Waals surface area contributed by atoms with Crippen LogP contribution in [0.25, 0.3) is 0 Å². The predicted molar refractivity (Wildman–Crippen MR) is 117 cm³/mol. The predicted octanol–water partition coefficient (Wildman–Crippen LogP) is 3.52. The first-order chi connectivity index (χ1) is 16.0. The van der Waals surface area contributed by atoms with Crippen LogP contribution >= 0.6 is 0 Å². The van der Waals surface area contributed by atoms with Crippen molar-refractivity contribution in [3.05, 3.63) is 100 Å². The fourth-order valence-corrected chi connectivity index (χ4v) is 4.28. The average molecular weight is 440 g/mol. The molecule has 2 heterocycles. The van der Waals surface area contributed by atoms with Gasteiger partial charge in [0.1, 0.15) is 5.92 Å². The molecule has 2 amide bonds. The van der Waals surface area contributed by atoms with E-state index in [1.165, 1.54) is 24.3 Å². The van der Waals surface area contributed by atoms with E-state index in [0.717, 1.165) is 10.5 Å². The number of para-hydroxylation sites is 1. The fraction of sp³-hybridized carbons (Fsp3) is 0.125. The summed E-state index contributed by atoms with van der Waals surface area (Å²) in [6.07, 6.45) is -1.05. The number of fused-ring (bicyclic) bond motifs is 1. The molecule has 0 spiro atoms. The normalized spacial score (nSPS) is 21.7. The highest BCUT2D eigenvalue weighted by Crippen LogP contribution is 2.47. The molecule has 3 atom stereocenters. The highest BCUT2D eigenvalue weighted by atomic mass is 16.7. The topological polar surface area (TPSA) is 117 Å². The zero-order chi connectivity index (χ0) is 23.1. The first-order valence-corrected chi connectivity index (χ1v) is 10.1. The smallest absolute Gasteiger partial charge is 0.269 e. The van der Waals surface area contributed by atoms with Crippen LogP contribution in [0.5, 0.6) is 0 Å². The molecule has 5 rings (SSSR count). The van der Waals surface area contributed by atoms with E-state index >= 15 is 0 Å². The van der Waals surface area contributed by atoms with Gasteiger partial charge in [0, 0.05) is 12.1 Å². The van der Waals surface area contributed by atoms with Gasteiger partial charge in [0.05, 0.1) is 34.0 Å². The number of hydrogen-bond acceptors (Lipinski definition) is 7. The van der Waals surface area contributed by atoms with Crippen LogP contribution in [0.4, 0.5) is 17.1 Å². The Labute approximate surface area is 188 Å². The van der Waals surface area contributed by atoms with Gasteiger partial charge in [-0.25, -0.2) is 9.96 Å². The van der Waals surface area contributed by atoms with Crippen LogP contribution in [-0.2, 0) is 14.4 Å². The van der Waals surface area contributed by atoms with Gasteiger partial charge in [-0.2, -0.15) is 5.26 Å². The average Bonchev–Trinajstić information content (AvgIpc) is 3.35. The molecule has 9 nitrogen and oxygen atoms in total. The van der Waals surface area contributed by atoms with Crippen molar-refractivity contribution >= 4 is 28.9 Å². The van der Waals surface area contributed by atoms with Gasteiger partial charge < -0.3 is 0 Å². The highest BCUT2D eigenvalue weighted by Gasteiger charge is 2.60. The minimum Gasteiger partial charge on any atom is -0.273 e. The number of anilines is 2. The summed E-state index contributed by atoms with van der Waals surface area (Å²) in [5.74, 6) is -1.82. The number of nitro benzene ring substituents is 1. The molecule has 0 aliphatic carbocycles. The van der Waals surface area contributed by atoms with Crippen LogP contribution in [-0.4, -0.2) is 22.8 Å². The van der Waals surface area contributed by atoms with E-state index in [1.807, 2.05) is 30.3 Å². The summed E-state index contributed by atoms with van der Waals surface area (Å²) in [4.78, 5) is 44.2. The molecular weight excluding hydrogens is 424 g/mol. The quantitative estimate of drug-likeness (QED) is 0.346. The number of nitrogens with zero attached hydrogens (tertiary/aromatic N) is 4. The number of hydrogen-bond donors (Lipinski definition) is 0. The lowest BCUT2D eigenvalue weighted by Crippen LogP contribution is -2.37. The second-order valence-corrected chi connectivity index (χ2v) is 7.68. The van der Waals surface area contributed by atoms with Gasteiger partial charge in [-0.3, -0.25) is 24.5 Å². The van der Waals surface area contributed by atoms with Crippen molar-refractivity contribution in [2.24, 2.45) is 5.92 Å². The summed E-state index contributed by atoms with van der Waals surface area (Å²) >= 11 is 0. The second kappa shape index (κ2) is 7.85. The van der Waals surface area contributed by atoms with Gasteiger partial charge in [-0.05, 0) is 42.0 Å². The van der Waals surface area contributed by atoms with Gasteiger partial charge >= 0.3 is 0 Å². The number of carbonyl (C=O) groups is 2. The summed E-state index contributed by atoms with van der Waals surface area (Å²) < 4.78 is 0. The minimum absolute atomic E-state index is 0.139. The zero-order valence-corrected chi connectivity index (χ0v) is 17.1. The second-order valence-electron chi connectivity index (χ2n) is 7.68. The number of nitriles is 1. The molecule has 3 aromatic rings. The third-order valence-electron chi connectivity index (χ3n) is 5.83. The van der Waals surface area contributed by atoms with Crippen LogP contribution in [0.3, 0.4) is 0 Å². The lowest BCUT2D eigenvalue weighted by molar-refractivity contribution is -0.384. The Morgan fingerprint density at radius 2 is 1.55 bits per heavy atom. The maximum absolute atomic E-state index is 13.5. The highest BCUT2D eigenvalue weighted by molar-refractivity contribution is 6.23. The number of rotatable bonds is 4. The molecule has 0 unspecified atom stereocenters. The Balaban J connectivity index is 1.55. The summed E-state index contributed by atoms with van der Waals surface area (Å²) in [6.45, 7) is 0. The molecule has 2 aliphatic heterocycles. The monoisotopic (exact) mass is 440 g/mol. The Morgan fingerprint density at radius 3 is 2.15 bits per heavy atom.